The minimum absolute atomic E-state index is 0.168. The highest BCUT2D eigenvalue weighted by Crippen LogP contribution is 2.26. The fourth-order valence-corrected chi connectivity index (χ4v) is 3.57. The molecule has 144 valence electrons. The van der Waals surface area contributed by atoms with Gasteiger partial charge < -0.3 is 5.32 Å². The lowest BCUT2D eigenvalue weighted by Gasteiger charge is -2.19. The predicted octanol–water partition coefficient (Wildman–Crippen LogP) is 3.84. The minimum atomic E-state index is -0.686. The summed E-state index contributed by atoms with van der Waals surface area (Å²) in [7, 11) is 0. The van der Waals surface area contributed by atoms with Crippen molar-refractivity contribution in [2.75, 3.05) is 5.32 Å². The van der Waals surface area contributed by atoms with Crippen LogP contribution in [0, 0.1) is 0 Å². The molecule has 2 N–H and O–H groups in total. The highest BCUT2D eigenvalue weighted by atomic mass is 32.1. The van der Waals surface area contributed by atoms with Gasteiger partial charge in [0.05, 0.1) is 5.92 Å². The molecule has 2 aromatic carbocycles. The van der Waals surface area contributed by atoms with E-state index >= 15 is 0 Å². The highest BCUT2D eigenvalue weighted by molar-refractivity contribution is 7.18. The number of nitrogens with zero attached hydrogens (tertiary/aromatic N) is 2. The van der Waals surface area contributed by atoms with Gasteiger partial charge in [0, 0.05) is 5.56 Å². The van der Waals surface area contributed by atoms with Crippen LogP contribution in [-0.4, -0.2) is 28.1 Å². The molecule has 2 amide bonds. The molecule has 2 atom stereocenters. The summed E-state index contributed by atoms with van der Waals surface area (Å²) in [6, 6.07) is 18.5. The molecule has 7 heteroatoms. The van der Waals surface area contributed by atoms with E-state index in [0.29, 0.717) is 11.6 Å². The molecule has 28 heavy (non-hydrogen) atoms. The van der Waals surface area contributed by atoms with Crippen molar-refractivity contribution in [3.05, 3.63) is 66.2 Å². The number of amides is 2. The molecule has 0 aliphatic rings. The van der Waals surface area contributed by atoms with Crippen molar-refractivity contribution in [1.29, 1.82) is 0 Å². The lowest BCUT2D eigenvalue weighted by Crippen LogP contribution is -2.43. The van der Waals surface area contributed by atoms with Gasteiger partial charge in [-0.3, -0.25) is 14.9 Å². The van der Waals surface area contributed by atoms with E-state index in [1.54, 1.807) is 6.92 Å². The van der Waals surface area contributed by atoms with E-state index in [4.69, 9.17) is 0 Å². The number of hydrogen-bond acceptors (Lipinski definition) is 5. The van der Waals surface area contributed by atoms with Crippen molar-refractivity contribution < 1.29 is 9.59 Å². The Hall–Kier alpha value is -3.06. The molecule has 0 saturated heterocycles. The molecule has 0 unspecified atom stereocenters. The molecule has 3 rings (SSSR count). The van der Waals surface area contributed by atoms with Gasteiger partial charge in [0.2, 0.25) is 16.9 Å². The Morgan fingerprint density at radius 1 is 0.964 bits per heavy atom. The third kappa shape index (κ3) is 4.80. The summed E-state index contributed by atoms with van der Waals surface area (Å²) in [5.41, 5.74) is 1.88. The van der Waals surface area contributed by atoms with Crippen molar-refractivity contribution in [2.24, 2.45) is 0 Å². The van der Waals surface area contributed by atoms with Gasteiger partial charge in [0.25, 0.3) is 0 Å². The first-order chi connectivity index (χ1) is 13.6. The second-order valence-electron chi connectivity index (χ2n) is 6.37. The van der Waals surface area contributed by atoms with E-state index in [1.165, 1.54) is 11.3 Å². The van der Waals surface area contributed by atoms with E-state index < -0.39 is 6.04 Å². The molecule has 0 aliphatic heterocycles. The van der Waals surface area contributed by atoms with E-state index in [-0.39, 0.29) is 17.7 Å². The summed E-state index contributed by atoms with van der Waals surface area (Å²) >= 11 is 1.29. The van der Waals surface area contributed by atoms with Gasteiger partial charge >= 0.3 is 0 Å². The molecule has 0 spiro atoms. The molecule has 0 fully saturated rings. The number of hydrogen-bond donors (Lipinski definition) is 2. The first-order valence-corrected chi connectivity index (χ1v) is 9.95. The van der Waals surface area contributed by atoms with Crippen molar-refractivity contribution in [3.8, 4) is 10.6 Å². The first-order valence-electron chi connectivity index (χ1n) is 9.13. The van der Waals surface area contributed by atoms with Gasteiger partial charge in [-0.15, -0.1) is 10.2 Å². The van der Waals surface area contributed by atoms with Gasteiger partial charge in [-0.05, 0) is 18.9 Å². The molecule has 1 heterocycles. The number of nitrogens with one attached hydrogen (secondary N) is 2. The summed E-state index contributed by atoms with van der Waals surface area (Å²) in [5.74, 6) is -0.784. The van der Waals surface area contributed by atoms with Crippen molar-refractivity contribution in [3.63, 3.8) is 0 Å². The Morgan fingerprint density at radius 3 is 2.25 bits per heavy atom. The SMILES string of the molecule is CC[C@@H](C(=O)N[C@@H](C)C(=O)Nc1nnc(-c2ccccc2)s1)c1ccccc1. The average Bonchev–Trinajstić information content (AvgIpc) is 3.18. The highest BCUT2D eigenvalue weighted by Gasteiger charge is 2.23. The van der Waals surface area contributed by atoms with Crippen molar-refractivity contribution in [1.82, 2.24) is 15.5 Å². The Balaban J connectivity index is 1.60. The maximum Gasteiger partial charge on any atom is 0.248 e. The minimum Gasteiger partial charge on any atom is -0.344 e. The quantitative estimate of drug-likeness (QED) is 0.638. The summed E-state index contributed by atoms with van der Waals surface area (Å²) in [4.78, 5) is 25.1. The van der Waals surface area contributed by atoms with Gasteiger partial charge in [-0.2, -0.15) is 0 Å². The fourth-order valence-electron chi connectivity index (χ4n) is 2.82. The van der Waals surface area contributed by atoms with Gasteiger partial charge in [-0.25, -0.2) is 0 Å². The van der Waals surface area contributed by atoms with Crippen LogP contribution in [0.5, 0.6) is 0 Å². The zero-order valence-electron chi connectivity index (χ0n) is 15.8. The van der Waals surface area contributed by atoms with Crippen LogP contribution in [0.3, 0.4) is 0 Å². The van der Waals surface area contributed by atoms with Gasteiger partial charge in [0.1, 0.15) is 11.0 Å². The van der Waals surface area contributed by atoms with Gasteiger partial charge in [-0.1, -0.05) is 78.9 Å². The molecule has 0 radical (unpaired) electrons. The van der Waals surface area contributed by atoms with Crippen LogP contribution in [0.15, 0.2) is 60.7 Å². The Bertz CT molecular complexity index is 928. The van der Waals surface area contributed by atoms with Crippen molar-refractivity contribution in [2.45, 2.75) is 32.2 Å². The summed E-state index contributed by atoms with van der Waals surface area (Å²) in [5, 5.41) is 14.8. The smallest absolute Gasteiger partial charge is 0.248 e. The number of carbonyl (C=O) groups is 2. The Kier molecular flexibility index (Phi) is 6.49. The van der Waals surface area contributed by atoms with Crippen LogP contribution < -0.4 is 10.6 Å². The van der Waals surface area contributed by atoms with Crippen molar-refractivity contribution >= 4 is 28.3 Å². The molecule has 0 saturated carbocycles. The lowest BCUT2D eigenvalue weighted by atomic mass is 9.95. The number of aromatic nitrogens is 2. The molecule has 3 aromatic rings. The van der Waals surface area contributed by atoms with Crippen LogP contribution in [0.25, 0.3) is 10.6 Å². The second-order valence-corrected chi connectivity index (χ2v) is 7.35. The van der Waals surface area contributed by atoms with Crippen LogP contribution in [0.2, 0.25) is 0 Å². The fraction of sp³-hybridized carbons (Fsp3) is 0.238. The summed E-state index contributed by atoms with van der Waals surface area (Å²) < 4.78 is 0. The normalized spacial score (nSPS) is 12.8. The van der Waals surface area contributed by atoms with Crippen LogP contribution in [-0.2, 0) is 9.59 Å². The summed E-state index contributed by atoms with van der Waals surface area (Å²) in [6.07, 6.45) is 0.654. The summed E-state index contributed by atoms with van der Waals surface area (Å²) in [6.45, 7) is 3.61. The first kappa shape index (κ1) is 19.7. The van der Waals surface area contributed by atoms with Crippen LogP contribution in [0.1, 0.15) is 31.7 Å². The number of anilines is 1. The Morgan fingerprint density at radius 2 is 1.61 bits per heavy atom. The number of rotatable bonds is 7. The molecule has 0 bridgehead atoms. The zero-order valence-corrected chi connectivity index (χ0v) is 16.6. The van der Waals surface area contributed by atoms with E-state index in [9.17, 15) is 9.59 Å². The second kappa shape index (κ2) is 9.23. The van der Waals surface area contributed by atoms with Crippen LogP contribution >= 0.6 is 11.3 Å². The molecule has 1 aromatic heterocycles. The lowest BCUT2D eigenvalue weighted by molar-refractivity contribution is -0.127. The maximum atomic E-state index is 12.6. The maximum absolute atomic E-state index is 12.6. The van der Waals surface area contributed by atoms with E-state index in [2.05, 4.69) is 20.8 Å². The number of benzene rings is 2. The largest absolute Gasteiger partial charge is 0.344 e. The number of carbonyl (C=O) groups excluding carboxylic acids is 2. The third-order valence-corrected chi connectivity index (χ3v) is 5.24. The standard InChI is InChI=1S/C21H22N4O2S/c1-3-17(15-10-6-4-7-11-15)19(27)22-14(2)18(26)23-21-25-24-20(28-21)16-12-8-5-9-13-16/h4-14,17H,3H2,1-2H3,(H,22,27)(H,23,25,26)/t14-,17+/m0/s1. The topological polar surface area (TPSA) is 84.0 Å². The molecular formula is C21H22N4O2S. The van der Waals surface area contributed by atoms with E-state index in [0.717, 1.165) is 16.1 Å². The van der Waals surface area contributed by atoms with Gasteiger partial charge in [0.15, 0.2) is 0 Å². The Labute approximate surface area is 168 Å². The zero-order chi connectivity index (χ0) is 19.9. The molecular weight excluding hydrogens is 372 g/mol. The van der Waals surface area contributed by atoms with Crippen LogP contribution in [0.4, 0.5) is 5.13 Å². The average molecular weight is 395 g/mol. The molecule has 6 nitrogen and oxygen atoms in total. The molecule has 0 aliphatic carbocycles. The third-order valence-electron chi connectivity index (χ3n) is 4.35. The predicted molar refractivity (Wildman–Crippen MR) is 111 cm³/mol. The van der Waals surface area contributed by atoms with E-state index in [1.807, 2.05) is 67.6 Å². The monoisotopic (exact) mass is 394 g/mol.